The third-order valence-electron chi connectivity index (χ3n) is 10.8. The number of amides is 4. The standard InChI is InChI=1S/C24H22ClN5O4S.C24H22ClN5O3S/c25-18-9-10-21(27-15-18)29-24(32)19-3-1-2-4-20(19)28-23(31)17-7-5-16(6-8-17)22(26)30-11-13-35(33,34)14-12-30;25-18-9-10-21(27-15-18)29-24(32)19-3-1-2-4-20(19)28-23(31)17-7-5-16(6-8-17)22(26)30-11-13-34(33)14-12-30/h1-10,15,26H,11-14H2,(H,28,31)(H,27,29,32);1-10,15,26H,11-14H2,(H,28,31)(H,27,29,32). The molecule has 21 heteroatoms. The zero-order valence-electron chi connectivity index (χ0n) is 36.6. The van der Waals surface area contributed by atoms with E-state index in [4.69, 9.17) is 34.0 Å². The van der Waals surface area contributed by atoms with E-state index in [1.165, 1.54) is 12.4 Å². The Morgan fingerprint density at radius 2 is 0.884 bits per heavy atom. The van der Waals surface area contributed by atoms with Gasteiger partial charge in [-0.25, -0.2) is 18.4 Å². The van der Waals surface area contributed by atoms with E-state index in [2.05, 4.69) is 31.2 Å². The molecule has 8 rings (SSSR count). The van der Waals surface area contributed by atoms with Gasteiger partial charge in [-0.1, -0.05) is 71.7 Å². The van der Waals surface area contributed by atoms with E-state index in [1.807, 2.05) is 4.90 Å². The lowest BCUT2D eigenvalue weighted by atomic mass is 10.1. The minimum atomic E-state index is -3.04. The first-order valence-electron chi connectivity index (χ1n) is 21.2. The van der Waals surface area contributed by atoms with Crippen molar-refractivity contribution in [3.63, 3.8) is 0 Å². The number of aromatic nitrogens is 2. The van der Waals surface area contributed by atoms with Gasteiger partial charge in [-0.15, -0.1) is 0 Å². The molecular weight excluding hydrogens is 964 g/mol. The minimum Gasteiger partial charge on any atom is -0.355 e. The number of carbonyl (C=O) groups is 4. The van der Waals surface area contributed by atoms with Crippen LogP contribution in [0, 0.1) is 10.8 Å². The Labute approximate surface area is 410 Å². The summed E-state index contributed by atoms with van der Waals surface area (Å²) >= 11 is 11.7. The van der Waals surface area contributed by atoms with E-state index in [-0.39, 0.29) is 47.5 Å². The zero-order valence-corrected chi connectivity index (χ0v) is 39.7. The van der Waals surface area contributed by atoms with Gasteiger partial charge in [-0.05, 0) is 72.8 Å². The van der Waals surface area contributed by atoms with Crippen LogP contribution in [0.2, 0.25) is 10.0 Å². The van der Waals surface area contributed by atoms with Crippen LogP contribution in [0.4, 0.5) is 23.0 Å². The second-order valence-corrected chi connectivity index (χ2v) is 20.3. The number of hydrogen-bond acceptors (Lipinski definition) is 11. The van der Waals surface area contributed by atoms with E-state index in [0.29, 0.717) is 85.7 Å². The molecule has 4 amide bonds. The van der Waals surface area contributed by atoms with Crippen molar-refractivity contribution in [3.8, 4) is 0 Å². The number of para-hydroxylation sites is 2. The van der Waals surface area contributed by atoms with Gasteiger partial charge in [-0.2, -0.15) is 0 Å². The Bertz CT molecular complexity index is 3010. The normalized spacial score (nSPS) is 14.3. The molecule has 69 heavy (non-hydrogen) atoms. The van der Waals surface area contributed by atoms with Crippen LogP contribution >= 0.6 is 23.2 Å². The smallest absolute Gasteiger partial charge is 0.258 e. The summed E-state index contributed by atoms with van der Waals surface area (Å²) in [6, 6.07) is 32.8. The second kappa shape index (κ2) is 22.7. The molecule has 2 aliphatic rings. The molecule has 354 valence electrons. The topological polar surface area (TPSA) is 248 Å². The predicted octanol–water partition coefficient (Wildman–Crippen LogP) is 6.92. The van der Waals surface area contributed by atoms with E-state index in [0.717, 1.165) is 0 Å². The summed E-state index contributed by atoms with van der Waals surface area (Å²) in [4.78, 5) is 62.9. The lowest BCUT2D eigenvalue weighted by molar-refractivity contribution is 0.101. The number of hydrogen-bond donors (Lipinski definition) is 6. The van der Waals surface area contributed by atoms with Crippen molar-refractivity contribution in [3.05, 3.63) is 177 Å². The number of rotatable bonds is 10. The summed E-state index contributed by atoms with van der Waals surface area (Å²) in [6.45, 7) is 1.71. The predicted molar refractivity (Wildman–Crippen MR) is 269 cm³/mol. The second-order valence-electron chi connectivity index (χ2n) is 15.5. The maximum Gasteiger partial charge on any atom is 0.258 e. The molecular formula is C48H44Cl2N10O7S2. The molecule has 0 unspecified atom stereocenters. The lowest BCUT2D eigenvalue weighted by Gasteiger charge is -2.29. The molecule has 0 radical (unpaired) electrons. The fourth-order valence-electron chi connectivity index (χ4n) is 6.96. The first-order chi connectivity index (χ1) is 33.1. The van der Waals surface area contributed by atoms with Crippen LogP contribution < -0.4 is 21.3 Å². The van der Waals surface area contributed by atoms with Crippen LogP contribution in [0.25, 0.3) is 0 Å². The fourth-order valence-corrected chi connectivity index (χ4v) is 9.43. The van der Waals surface area contributed by atoms with Crippen LogP contribution in [0.15, 0.2) is 134 Å². The number of carbonyl (C=O) groups excluding carboxylic acids is 4. The van der Waals surface area contributed by atoms with Gasteiger partial charge in [0, 0.05) is 83.1 Å². The van der Waals surface area contributed by atoms with Crippen LogP contribution in [0.1, 0.15) is 52.6 Å². The summed E-state index contributed by atoms with van der Waals surface area (Å²) in [6.07, 6.45) is 2.85. The van der Waals surface area contributed by atoms with Gasteiger partial charge in [0.1, 0.15) is 23.3 Å². The van der Waals surface area contributed by atoms with E-state index in [9.17, 15) is 31.8 Å². The molecule has 17 nitrogen and oxygen atoms in total. The van der Waals surface area contributed by atoms with Crippen molar-refractivity contribution >= 4 is 102 Å². The van der Waals surface area contributed by atoms with E-state index in [1.54, 1.807) is 126 Å². The zero-order chi connectivity index (χ0) is 49.1. The van der Waals surface area contributed by atoms with Crippen molar-refractivity contribution in [1.29, 1.82) is 10.8 Å². The largest absolute Gasteiger partial charge is 0.355 e. The van der Waals surface area contributed by atoms with Crippen molar-refractivity contribution in [2.45, 2.75) is 0 Å². The van der Waals surface area contributed by atoms with Gasteiger partial charge in [0.2, 0.25) is 0 Å². The Hall–Kier alpha value is -7.32. The van der Waals surface area contributed by atoms with Gasteiger partial charge in [0.15, 0.2) is 9.84 Å². The summed E-state index contributed by atoms with van der Waals surface area (Å²) in [5, 5.41) is 28.5. The summed E-state index contributed by atoms with van der Waals surface area (Å²) in [7, 11) is -3.85. The van der Waals surface area contributed by atoms with Gasteiger partial charge in [0.25, 0.3) is 23.6 Å². The number of halogens is 2. The third kappa shape index (κ3) is 13.4. The molecule has 2 fully saturated rings. The molecule has 0 spiro atoms. The Morgan fingerprint density at radius 3 is 1.28 bits per heavy atom. The van der Waals surface area contributed by atoms with Crippen LogP contribution in [-0.2, 0) is 20.6 Å². The van der Waals surface area contributed by atoms with E-state index < -0.39 is 38.4 Å². The number of nitrogens with one attached hydrogen (secondary N) is 6. The van der Waals surface area contributed by atoms with Gasteiger partial charge < -0.3 is 31.1 Å². The lowest BCUT2D eigenvalue weighted by Crippen LogP contribution is -2.43. The van der Waals surface area contributed by atoms with Crippen molar-refractivity contribution < 1.29 is 31.8 Å². The fraction of sp³-hybridized carbons (Fsp3) is 0.167. The number of anilines is 4. The quantitative estimate of drug-likeness (QED) is 0.0607. The molecule has 6 aromatic rings. The maximum atomic E-state index is 12.8. The summed E-state index contributed by atoms with van der Waals surface area (Å²) in [5.74, 6) is 0.736. The highest BCUT2D eigenvalue weighted by atomic mass is 35.5. The Morgan fingerprint density at radius 1 is 0.507 bits per heavy atom. The van der Waals surface area contributed by atoms with Crippen molar-refractivity contribution in [1.82, 2.24) is 19.8 Å². The highest BCUT2D eigenvalue weighted by Crippen LogP contribution is 2.22. The van der Waals surface area contributed by atoms with Crippen LogP contribution in [-0.4, -0.2) is 117 Å². The average molecular weight is 1010 g/mol. The molecule has 0 bridgehead atoms. The SMILES string of the molecule is N=C(c1ccc(C(=O)Nc2ccccc2C(=O)Nc2ccc(Cl)cn2)cc1)N1CCS(=O)(=O)CC1.N=C(c1ccc(C(=O)Nc2ccccc2C(=O)Nc2ccc(Cl)cn2)cc1)N1CCS(=O)CC1. The molecule has 0 atom stereocenters. The molecule has 4 aromatic carbocycles. The minimum absolute atomic E-state index is 0.0247. The number of sulfone groups is 1. The highest BCUT2D eigenvalue weighted by molar-refractivity contribution is 7.91. The van der Waals surface area contributed by atoms with Gasteiger partial charge in [0.05, 0.1) is 44.1 Å². The number of benzene rings is 4. The van der Waals surface area contributed by atoms with Crippen LogP contribution in [0.3, 0.4) is 0 Å². The highest BCUT2D eigenvalue weighted by Gasteiger charge is 2.25. The number of amidine groups is 2. The maximum absolute atomic E-state index is 12.8. The number of pyridine rings is 2. The van der Waals surface area contributed by atoms with Gasteiger partial charge in [-0.3, -0.25) is 34.2 Å². The summed E-state index contributed by atoms with van der Waals surface area (Å²) in [5.41, 5.74) is 3.23. The molecule has 2 saturated heterocycles. The Balaban J connectivity index is 0.000000204. The van der Waals surface area contributed by atoms with Gasteiger partial charge >= 0.3 is 0 Å². The number of nitrogens with zero attached hydrogens (tertiary/aromatic N) is 4. The molecule has 4 heterocycles. The molecule has 2 aromatic heterocycles. The molecule has 0 saturated carbocycles. The Kier molecular flexibility index (Phi) is 16.3. The molecule has 2 aliphatic heterocycles. The first-order valence-corrected chi connectivity index (χ1v) is 25.3. The average Bonchev–Trinajstić information content (AvgIpc) is 3.35. The van der Waals surface area contributed by atoms with Crippen molar-refractivity contribution in [2.75, 3.05) is 70.5 Å². The van der Waals surface area contributed by atoms with Crippen LogP contribution in [0.5, 0.6) is 0 Å². The van der Waals surface area contributed by atoms with E-state index >= 15 is 0 Å². The molecule has 0 aliphatic carbocycles. The first kappa shape index (κ1) is 49.6. The molecule has 6 N–H and O–H groups in total. The van der Waals surface area contributed by atoms with Crippen molar-refractivity contribution in [2.24, 2.45) is 0 Å². The summed E-state index contributed by atoms with van der Waals surface area (Å²) < 4.78 is 34.8. The monoisotopic (exact) mass is 1010 g/mol. The third-order valence-corrected chi connectivity index (χ3v) is 14.1.